The van der Waals surface area contributed by atoms with Gasteiger partial charge < -0.3 is 10.6 Å². The van der Waals surface area contributed by atoms with E-state index in [4.69, 9.17) is 0 Å². The topological polar surface area (TPSA) is 39.7 Å². The summed E-state index contributed by atoms with van der Waals surface area (Å²) < 4.78 is 24.4. The molecule has 1 aliphatic rings. The Morgan fingerprint density at radius 3 is 2.53 bits per heavy atom. The van der Waals surface area contributed by atoms with Gasteiger partial charge in [-0.15, -0.1) is 0 Å². The highest BCUT2D eigenvalue weighted by atomic mass is 19.3. The Balaban J connectivity index is 2.56. The van der Waals surface area contributed by atoms with E-state index in [1.807, 2.05) is 6.92 Å². The van der Waals surface area contributed by atoms with Crippen molar-refractivity contribution in [2.24, 2.45) is 10.9 Å². The number of hydrogen-bond donors (Lipinski definition) is 2. The fourth-order valence-electron chi connectivity index (χ4n) is 2.27. The van der Waals surface area contributed by atoms with Crippen LogP contribution in [-0.4, -0.2) is 55.5 Å². The van der Waals surface area contributed by atoms with Crippen molar-refractivity contribution in [2.45, 2.75) is 46.2 Å². The monoisotopic (exact) mass is 276 g/mol. The molecular formula is C13H26F2N4. The molecule has 4 nitrogen and oxygen atoms in total. The summed E-state index contributed by atoms with van der Waals surface area (Å²) in [7, 11) is 0. The van der Waals surface area contributed by atoms with Crippen LogP contribution in [0.5, 0.6) is 0 Å². The fraction of sp³-hybridized carbons (Fsp3) is 0.923. The first-order valence-electron chi connectivity index (χ1n) is 7.01. The molecule has 1 fully saturated rings. The van der Waals surface area contributed by atoms with Crippen LogP contribution in [0, 0.1) is 5.92 Å². The second-order valence-corrected chi connectivity index (χ2v) is 5.39. The maximum atomic E-state index is 12.2. The van der Waals surface area contributed by atoms with Gasteiger partial charge in [0.05, 0.1) is 0 Å². The Hall–Kier alpha value is -0.910. The average molecular weight is 276 g/mol. The number of aliphatic imine (C=N–C) groups is 1. The summed E-state index contributed by atoms with van der Waals surface area (Å²) >= 11 is 0. The number of nitrogens with one attached hydrogen (secondary N) is 2. The lowest BCUT2D eigenvalue weighted by Crippen LogP contribution is -2.47. The maximum absolute atomic E-state index is 12.2. The molecule has 2 atom stereocenters. The fourth-order valence-corrected chi connectivity index (χ4v) is 2.27. The minimum absolute atomic E-state index is 0.262. The second kappa shape index (κ2) is 7.62. The highest BCUT2D eigenvalue weighted by Crippen LogP contribution is 2.18. The van der Waals surface area contributed by atoms with Gasteiger partial charge >= 0.3 is 0 Å². The van der Waals surface area contributed by atoms with E-state index in [0.29, 0.717) is 24.5 Å². The molecule has 1 heterocycles. The van der Waals surface area contributed by atoms with Crippen molar-refractivity contribution in [1.29, 1.82) is 0 Å². The normalized spacial score (nSPS) is 25.4. The molecule has 112 valence electrons. The Labute approximate surface area is 114 Å². The molecule has 0 saturated carbocycles. The first-order valence-corrected chi connectivity index (χ1v) is 7.01. The molecule has 0 spiro atoms. The van der Waals surface area contributed by atoms with E-state index in [2.05, 4.69) is 41.3 Å². The summed E-state index contributed by atoms with van der Waals surface area (Å²) in [5.41, 5.74) is 0. The molecule has 0 aliphatic carbocycles. The third-order valence-corrected chi connectivity index (χ3v) is 3.42. The van der Waals surface area contributed by atoms with E-state index in [-0.39, 0.29) is 6.04 Å². The molecule has 2 unspecified atom stereocenters. The van der Waals surface area contributed by atoms with Crippen LogP contribution in [0.3, 0.4) is 0 Å². The van der Waals surface area contributed by atoms with E-state index < -0.39 is 13.0 Å². The van der Waals surface area contributed by atoms with Crippen molar-refractivity contribution >= 4 is 5.96 Å². The first-order chi connectivity index (χ1) is 8.93. The van der Waals surface area contributed by atoms with Gasteiger partial charge in [0.2, 0.25) is 0 Å². The van der Waals surface area contributed by atoms with Gasteiger partial charge in [0.1, 0.15) is 6.54 Å². The first kappa shape index (κ1) is 16.1. The molecule has 0 amide bonds. The Morgan fingerprint density at radius 2 is 2.05 bits per heavy atom. The number of rotatable bonds is 5. The number of halogens is 2. The van der Waals surface area contributed by atoms with E-state index in [9.17, 15) is 8.78 Å². The van der Waals surface area contributed by atoms with Gasteiger partial charge in [-0.25, -0.2) is 13.8 Å². The number of likely N-dealkylation sites (tertiary alicyclic amines) is 1. The summed E-state index contributed by atoms with van der Waals surface area (Å²) in [4.78, 5) is 6.29. The van der Waals surface area contributed by atoms with Crippen LogP contribution in [0.2, 0.25) is 0 Å². The molecule has 0 aromatic carbocycles. The number of nitrogens with zero attached hydrogens (tertiary/aromatic N) is 2. The summed E-state index contributed by atoms with van der Waals surface area (Å²) in [6.07, 6.45) is -2.40. The smallest absolute Gasteiger partial charge is 0.257 e. The van der Waals surface area contributed by atoms with E-state index in [1.165, 1.54) is 0 Å². The lowest BCUT2D eigenvalue weighted by Gasteiger charge is -2.21. The molecule has 1 rings (SSSR count). The zero-order chi connectivity index (χ0) is 14.4. The number of hydrogen-bond acceptors (Lipinski definition) is 2. The van der Waals surface area contributed by atoms with Crippen molar-refractivity contribution in [1.82, 2.24) is 15.5 Å². The predicted octanol–water partition coefficient (Wildman–Crippen LogP) is 1.54. The number of guanidine groups is 1. The molecule has 2 N–H and O–H groups in total. The lowest BCUT2D eigenvalue weighted by atomic mass is 10.1. The molecule has 0 aromatic heterocycles. The third-order valence-electron chi connectivity index (χ3n) is 3.42. The summed E-state index contributed by atoms with van der Waals surface area (Å²) in [6, 6.07) is 0.771. The van der Waals surface area contributed by atoms with Crippen LogP contribution in [0.1, 0.15) is 27.7 Å². The van der Waals surface area contributed by atoms with Crippen molar-refractivity contribution in [3.8, 4) is 0 Å². The molecule has 19 heavy (non-hydrogen) atoms. The highest BCUT2D eigenvalue weighted by Gasteiger charge is 2.31. The quantitative estimate of drug-likeness (QED) is 0.591. The molecule has 0 aromatic rings. The van der Waals surface area contributed by atoms with Gasteiger partial charge in [0, 0.05) is 31.7 Å². The molecule has 1 aliphatic heterocycles. The van der Waals surface area contributed by atoms with Crippen molar-refractivity contribution in [3.63, 3.8) is 0 Å². The van der Waals surface area contributed by atoms with Crippen LogP contribution in [0.25, 0.3) is 0 Å². The Kier molecular flexibility index (Phi) is 6.48. The van der Waals surface area contributed by atoms with Crippen LogP contribution in [0.15, 0.2) is 4.99 Å². The van der Waals surface area contributed by atoms with Gasteiger partial charge in [0.25, 0.3) is 6.43 Å². The molecule has 0 bridgehead atoms. The predicted molar refractivity (Wildman–Crippen MR) is 74.8 cm³/mol. The second-order valence-electron chi connectivity index (χ2n) is 5.39. The Morgan fingerprint density at radius 1 is 1.37 bits per heavy atom. The standard InChI is InChI=1S/C13H26F2N4/c1-5-16-13(17-6-12(14)15)18-11-8-19(9(2)3)7-10(11)4/h9-12H,5-8H2,1-4H3,(H2,16,17,18). The van der Waals surface area contributed by atoms with Gasteiger partial charge in [-0.2, -0.15) is 0 Å². The molecular weight excluding hydrogens is 250 g/mol. The van der Waals surface area contributed by atoms with Crippen LogP contribution >= 0.6 is 0 Å². The summed E-state index contributed by atoms with van der Waals surface area (Å²) in [6.45, 7) is 10.6. The molecule has 0 radical (unpaired) electrons. The zero-order valence-corrected chi connectivity index (χ0v) is 12.3. The van der Waals surface area contributed by atoms with Gasteiger partial charge in [0.15, 0.2) is 5.96 Å². The van der Waals surface area contributed by atoms with Crippen LogP contribution in [-0.2, 0) is 0 Å². The summed E-state index contributed by atoms with van der Waals surface area (Å²) in [5.74, 6) is 0.975. The molecule has 6 heteroatoms. The average Bonchev–Trinajstić information content (AvgIpc) is 2.68. The molecule has 1 saturated heterocycles. The van der Waals surface area contributed by atoms with Gasteiger partial charge in [-0.3, -0.25) is 4.90 Å². The van der Waals surface area contributed by atoms with Gasteiger partial charge in [-0.05, 0) is 26.7 Å². The SMILES string of the molecule is CCNC(=NCC(F)F)NC1CN(C(C)C)CC1C. The summed E-state index contributed by atoms with van der Waals surface area (Å²) in [5, 5.41) is 6.29. The minimum Gasteiger partial charge on any atom is -0.357 e. The zero-order valence-electron chi connectivity index (χ0n) is 12.3. The Bertz CT molecular complexity index is 294. The van der Waals surface area contributed by atoms with Crippen molar-refractivity contribution < 1.29 is 8.78 Å². The maximum Gasteiger partial charge on any atom is 0.257 e. The third kappa shape index (κ3) is 5.30. The highest BCUT2D eigenvalue weighted by molar-refractivity contribution is 5.80. The number of alkyl halides is 2. The van der Waals surface area contributed by atoms with Crippen LogP contribution in [0.4, 0.5) is 8.78 Å². The lowest BCUT2D eigenvalue weighted by molar-refractivity contribution is 0.158. The van der Waals surface area contributed by atoms with Crippen molar-refractivity contribution in [3.05, 3.63) is 0 Å². The van der Waals surface area contributed by atoms with Crippen LogP contribution < -0.4 is 10.6 Å². The minimum atomic E-state index is -2.40. The van der Waals surface area contributed by atoms with Gasteiger partial charge in [-0.1, -0.05) is 6.92 Å². The van der Waals surface area contributed by atoms with E-state index in [0.717, 1.165) is 13.1 Å². The van der Waals surface area contributed by atoms with Crippen molar-refractivity contribution in [2.75, 3.05) is 26.2 Å². The largest absolute Gasteiger partial charge is 0.357 e. The van der Waals surface area contributed by atoms with E-state index in [1.54, 1.807) is 0 Å². The van der Waals surface area contributed by atoms with E-state index >= 15 is 0 Å².